The van der Waals surface area contributed by atoms with E-state index in [2.05, 4.69) is 20.8 Å². The summed E-state index contributed by atoms with van der Waals surface area (Å²) in [6.07, 6.45) is 7.73. The van der Waals surface area contributed by atoms with E-state index in [1.807, 2.05) is 0 Å². The molecule has 0 aromatic heterocycles. The summed E-state index contributed by atoms with van der Waals surface area (Å²) in [6, 6.07) is 0. The van der Waals surface area contributed by atoms with Gasteiger partial charge in [-0.15, -0.1) is 0 Å². The number of hydrogen-bond acceptors (Lipinski definition) is 2. The number of unbranched alkanes of at least 4 members (excludes halogenated alkanes) is 2. The highest BCUT2D eigenvalue weighted by atomic mass is 16.5. The third-order valence-electron chi connectivity index (χ3n) is 4.94. The summed E-state index contributed by atoms with van der Waals surface area (Å²) in [7, 11) is 1.73. The van der Waals surface area contributed by atoms with Gasteiger partial charge in [0.25, 0.3) is 0 Å². The van der Waals surface area contributed by atoms with Gasteiger partial charge in [-0.25, -0.2) is 0 Å². The Balaban J connectivity index is 2.79. The van der Waals surface area contributed by atoms with Gasteiger partial charge in [0.2, 0.25) is 0 Å². The van der Waals surface area contributed by atoms with Crippen LogP contribution in [0.1, 0.15) is 65.7 Å². The maximum atomic E-state index is 12.7. The quantitative estimate of drug-likeness (QED) is 0.636. The molecular weight excluding hydrogens is 224 g/mol. The van der Waals surface area contributed by atoms with Gasteiger partial charge in [0.15, 0.2) is 0 Å². The van der Waals surface area contributed by atoms with E-state index in [0.717, 1.165) is 19.3 Å². The molecule has 0 radical (unpaired) electrons. The van der Waals surface area contributed by atoms with Crippen molar-refractivity contribution in [1.82, 2.24) is 0 Å². The van der Waals surface area contributed by atoms with Gasteiger partial charge in [0.05, 0.1) is 12.0 Å². The normalized spacial score (nSPS) is 32.4. The summed E-state index contributed by atoms with van der Waals surface area (Å²) in [5.41, 5.74) is -0.208. The van der Waals surface area contributed by atoms with E-state index in [9.17, 15) is 4.79 Å². The number of carbonyl (C=O) groups excluding carboxylic acids is 1. The van der Waals surface area contributed by atoms with Crippen LogP contribution in [0.15, 0.2) is 0 Å². The second kappa shape index (κ2) is 7.28. The average Bonchev–Trinajstić information content (AvgIpc) is 2.34. The molecule has 2 heteroatoms. The Bertz CT molecular complexity index is 250. The molecule has 0 bridgehead atoms. The summed E-state index contributed by atoms with van der Waals surface area (Å²) >= 11 is 0. The summed E-state index contributed by atoms with van der Waals surface area (Å²) in [5, 5.41) is 0. The molecule has 2 nitrogen and oxygen atoms in total. The zero-order chi connectivity index (χ0) is 13.6. The van der Waals surface area contributed by atoms with Crippen molar-refractivity contribution in [2.24, 2.45) is 17.3 Å². The van der Waals surface area contributed by atoms with Gasteiger partial charge in [0, 0.05) is 13.5 Å². The number of carbonyl (C=O) groups is 1. The Hall–Kier alpha value is -0.370. The molecule has 1 fully saturated rings. The highest BCUT2D eigenvalue weighted by Gasteiger charge is 2.48. The molecule has 0 aliphatic heterocycles. The first-order chi connectivity index (χ1) is 8.59. The maximum absolute atomic E-state index is 12.7. The second-order valence-electron chi connectivity index (χ2n) is 6.09. The van der Waals surface area contributed by atoms with E-state index < -0.39 is 0 Å². The van der Waals surface area contributed by atoms with Crippen molar-refractivity contribution >= 4 is 5.78 Å². The highest BCUT2D eigenvalue weighted by molar-refractivity contribution is 5.85. The van der Waals surface area contributed by atoms with Crippen molar-refractivity contribution in [3.05, 3.63) is 0 Å². The van der Waals surface area contributed by atoms with E-state index in [-0.39, 0.29) is 5.41 Å². The van der Waals surface area contributed by atoms with Gasteiger partial charge in [-0.2, -0.15) is 0 Å². The first-order valence-electron chi connectivity index (χ1n) is 7.61. The zero-order valence-corrected chi connectivity index (χ0v) is 12.6. The number of Topliss-reactive ketones (excluding diaryl/α,β-unsaturated/α-hetero) is 1. The van der Waals surface area contributed by atoms with Crippen LogP contribution in [0.2, 0.25) is 0 Å². The van der Waals surface area contributed by atoms with Crippen LogP contribution in [0.5, 0.6) is 0 Å². The van der Waals surface area contributed by atoms with E-state index >= 15 is 0 Å². The molecule has 0 amide bonds. The first-order valence-corrected chi connectivity index (χ1v) is 7.61. The van der Waals surface area contributed by atoms with Crippen LogP contribution in [-0.4, -0.2) is 19.5 Å². The molecule has 1 rings (SSSR count). The molecule has 1 saturated carbocycles. The standard InChI is InChI=1S/C16H30O2/c1-5-6-7-11-15(17)16(12-18-4)13(2)9-8-10-14(16)3/h13-14H,5-12H2,1-4H3. The number of ketones is 1. The summed E-state index contributed by atoms with van der Waals surface area (Å²) in [6.45, 7) is 7.28. The number of hydrogen-bond donors (Lipinski definition) is 0. The smallest absolute Gasteiger partial charge is 0.141 e. The number of methoxy groups -OCH3 is 1. The van der Waals surface area contributed by atoms with Gasteiger partial charge in [-0.05, 0) is 31.1 Å². The van der Waals surface area contributed by atoms with Gasteiger partial charge < -0.3 is 4.74 Å². The van der Waals surface area contributed by atoms with Gasteiger partial charge in [-0.3, -0.25) is 4.79 Å². The van der Waals surface area contributed by atoms with Crippen LogP contribution in [0, 0.1) is 17.3 Å². The molecule has 0 saturated heterocycles. The third-order valence-corrected chi connectivity index (χ3v) is 4.94. The van der Waals surface area contributed by atoms with Crippen LogP contribution >= 0.6 is 0 Å². The highest BCUT2D eigenvalue weighted by Crippen LogP contribution is 2.47. The Morgan fingerprint density at radius 2 is 1.83 bits per heavy atom. The van der Waals surface area contributed by atoms with Crippen molar-refractivity contribution in [1.29, 1.82) is 0 Å². The second-order valence-corrected chi connectivity index (χ2v) is 6.09. The minimum Gasteiger partial charge on any atom is -0.384 e. The van der Waals surface area contributed by atoms with Crippen LogP contribution in [0.4, 0.5) is 0 Å². The van der Waals surface area contributed by atoms with Crippen LogP contribution in [0.25, 0.3) is 0 Å². The molecule has 0 heterocycles. The Labute approximate surface area is 112 Å². The fourth-order valence-electron chi connectivity index (χ4n) is 3.65. The molecule has 18 heavy (non-hydrogen) atoms. The maximum Gasteiger partial charge on any atom is 0.141 e. The number of ether oxygens (including phenoxy) is 1. The first kappa shape index (κ1) is 15.7. The minimum atomic E-state index is -0.208. The molecular formula is C16H30O2. The SMILES string of the molecule is CCCCCC(=O)C1(COC)C(C)CCCC1C. The Morgan fingerprint density at radius 1 is 1.22 bits per heavy atom. The van der Waals surface area contributed by atoms with E-state index in [1.54, 1.807) is 7.11 Å². The predicted molar refractivity (Wildman–Crippen MR) is 75.6 cm³/mol. The molecule has 2 unspecified atom stereocenters. The lowest BCUT2D eigenvalue weighted by molar-refractivity contribution is -0.144. The van der Waals surface area contributed by atoms with Gasteiger partial charge in [-0.1, -0.05) is 40.0 Å². The summed E-state index contributed by atoms with van der Waals surface area (Å²) in [5.74, 6) is 1.39. The average molecular weight is 254 g/mol. The lowest BCUT2D eigenvalue weighted by Crippen LogP contribution is -2.49. The minimum absolute atomic E-state index is 0.208. The lowest BCUT2D eigenvalue weighted by Gasteiger charge is -2.46. The molecule has 0 aromatic carbocycles. The van der Waals surface area contributed by atoms with Crippen molar-refractivity contribution < 1.29 is 9.53 Å². The molecule has 0 N–H and O–H groups in total. The molecule has 1 aliphatic rings. The lowest BCUT2D eigenvalue weighted by atomic mass is 9.59. The predicted octanol–water partition coefficient (Wildman–Crippen LogP) is 4.22. The Kier molecular flexibility index (Phi) is 6.34. The zero-order valence-electron chi connectivity index (χ0n) is 12.6. The molecule has 2 atom stereocenters. The van der Waals surface area contributed by atoms with Crippen molar-refractivity contribution in [2.75, 3.05) is 13.7 Å². The van der Waals surface area contributed by atoms with Gasteiger partial charge >= 0.3 is 0 Å². The summed E-state index contributed by atoms with van der Waals surface area (Å²) < 4.78 is 5.43. The van der Waals surface area contributed by atoms with E-state index in [1.165, 1.54) is 25.7 Å². The van der Waals surface area contributed by atoms with Crippen molar-refractivity contribution in [3.8, 4) is 0 Å². The van der Waals surface area contributed by atoms with E-state index in [0.29, 0.717) is 24.2 Å². The molecule has 106 valence electrons. The molecule has 0 aromatic rings. The van der Waals surface area contributed by atoms with Crippen LogP contribution in [-0.2, 0) is 9.53 Å². The Morgan fingerprint density at radius 3 is 2.33 bits per heavy atom. The van der Waals surface area contributed by atoms with Crippen LogP contribution in [0.3, 0.4) is 0 Å². The van der Waals surface area contributed by atoms with Gasteiger partial charge in [0.1, 0.15) is 5.78 Å². The fraction of sp³-hybridized carbons (Fsp3) is 0.938. The summed E-state index contributed by atoms with van der Waals surface area (Å²) in [4.78, 5) is 12.7. The number of rotatable bonds is 7. The largest absolute Gasteiger partial charge is 0.384 e. The monoisotopic (exact) mass is 254 g/mol. The topological polar surface area (TPSA) is 26.3 Å². The van der Waals surface area contributed by atoms with Crippen molar-refractivity contribution in [3.63, 3.8) is 0 Å². The van der Waals surface area contributed by atoms with Crippen molar-refractivity contribution in [2.45, 2.75) is 65.7 Å². The fourth-order valence-corrected chi connectivity index (χ4v) is 3.65. The van der Waals surface area contributed by atoms with E-state index in [4.69, 9.17) is 4.74 Å². The molecule has 0 spiro atoms. The third kappa shape index (κ3) is 3.14. The van der Waals surface area contributed by atoms with Crippen LogP contribution < -0.4 is 0 Å². The molecule has 1 aliphatic carbocycles.